The van der Waals surface area contributed by atoms with Gasteiger partial charge in [-0.05, 0) is 57.9 Å². The van der Waals surface area contributed by atoms with Crippen LogP contribution in [0.25, 0.3) is 5.69 Å². The number of hydrogen-bond donors (Lipinski definition) is 0. The molecule has 0 spiro atoms. The van der Waals surface area contributed by atoms with E-state index >= 15 is 0 Å². The van der Waals surface area contributed by atoms with Gasteiger partial charge in [0.25, 0.3) is 0 Å². The molecule has 4 nitrogen and oxygen atoms in total. The fourth-order valence-electron chi connectivity index (χ4n) is 1.40. The minimum absolute atomic E-state index is 0.234. The van der Waals surface area contributed by atoms with Gasteiger partial charge in [-0.25, -0.2) is 0 Å². The summed E-state index contributed by atoms with van der Waals surface area (Å²) in [5, 5.41) is 11.3. The van der Waals surface area contributed by atoms with Crippen LogP contribution in [0, 0.1) is 6.92 Å². The molecule has 0 fully saturated rings. The van der Waals surface area contributed by atoms with Gasteiger partial charge in [-0.15, -0.1) is 16.7 Å². The lowest BCUT2D eigenvalue weighted by atomic mass is 10.2. The second-order valence-corrected chi connectivity index (χ2v) is 5.03. The van der Waals surface area contributed by atoms with Crippen LogP contribution in [0.5, 0.6) is 0 Å². The Morgan fingerprint density at radius 3 is 2.88 bits per heavy atom. The molecule has 2 rings (SSSR count). The Morgan fingerprint density at radius 2 is 2.19 bits per heavy atom. The molecule has 2 aromatic rings. The summed E-state index contributed by atoms with van der Waals surface area (Å²) in [5.41, 5.74) is 2.04. The number of benzene rings is 1. The van der Waals surface area contributed by atoms with Crippen molar-refractivity contribution in [3.8, 4) is 5.69 Å². The third-order valence-electron chi connectivity index (χ3n) is 2.18. The third kappa shape index (κ3) is 2.10. The van der Waals surface area contributed by atoms with E-state index < -0.39 is 0 Å². The lowest BCUT2D eigenvalue weighted by Gasteiger charge is -2.08. The van der Waals surface area contributed by atoms with Crippen molar-refractivity contribution in [3.05, 3.63) is 34.1 Å². The SMILES string of the molecule is Cc1ccc(Br)c(-n2nnnc2C(C)Cl)c1. The van der Waals surface area contributed by atoms with Crippen molar-refractivity contribution in [1.29, 1.82) is 0 Å². The standard InChI is InChI=1S/C10H10BrClN4/c1-6-3-4-8(11)9(5-6)16-10(7(2)12)13-14-15-16/h3-5,7H,1-2H3. The number of nitrogens with zero attached hydrogens (tertiary/aromatic N) is 4. The van der Waals surface area contributed by atoms with Crippen molar-refractivity contribution in [2.45, 2.75) is 19.2 Å². The number of hydrogen-bond acceptors (Lipinski definition) is 3. The lowest BCUT2D eigenvalue weighted by molar-refractivity contribution is 0.757. The van der Waals surface area contributed by atoms with Gasteiger partial charge in [0, 0.05) is 4.47 Å². The van der Waals surface area contributed by atoms with E-state index in [1.165, 1.54) is 0 Å². The molecule has 16 heavy (non-hydrogen) atoms. The quantitative estimate of drug-likeness (QED) is 0.801. The van der Waals surface area contributed by atoms with E-state index in [9.17, 15) is 0 Å². The maximum absolute atomic E-state index is 6.01. The highest BCUT2D eigenvalue weighted by Gasteiger charge is 2.15. The summed E-state index contributed by atoms with van der Waals surface area (Å²) < 4.78 is 2.58. The van der Waals surface area contributed by atoms with E-state index in [4.69, 9.17) is 11.6 Å². The zero-order valence-electron chi connectivity index (χ0n) is 8.85. The summed E-state index contributed by atoms with van der Waals surface area (Å²) in [6.07, 6.45) is 0. The molecule has 1 aromatic carbocycles. The zero-order chi connectivity index (χ0) is 11.7. The Kier molecular flexibility index (Phi) is 3.25. The molecule has 0 saturated heterocycles. The lowest BCUT2D eigenvalue weighted by Crippen LogP contribution is -2.04. The third-order valence-corrected chi connectivity index (χ3v) is 3.04. The first-order valence-corrected chi connectivity index (χ1v) is 6.01. The molecule has 0 aliphatic rings. The average molecular weight is 302 g/mol. The normalized spacial score (nSPS) is 12.8. The van der Waals surface area contributed by atoms with Gasteiger partial charge in [-0.1, -0.05) is 6.07 Å². The fourth-order valence-corrected chi connectivity index (χ4v) is 1.95. The molecule has 0 amide bonds. The number of halogens is 2. The van der Waals surface area contributed by atoms with Crippen LogP contribution in [0.15, 0.2) is 22.7 Å². The minimum Gasteiger partial charge on any atom is -0.195 e. The first-order chi connectivity index (χ1) is 7.59. The van der Waals surface area contributed by atoms with E-state index in [2.05, 4.69) is 31.5 Å². The summed E-state index contributed by atoms with van der Waals surface area (Å²) in [6.45, 7) is 3.86. The number of tetrazole rings is 1. The number of rotatable bonds is 2. The second kappa shape index (κ2) is 4.51. The number of aromatic nitrogens is 4. The predicted octanol–water partition coefficient (Wildman–Crippen LogP) is 3.03. The van der Waals surface area contributed by atoms with Crippen LogP contribution < -0.4 is 0 Å². The van der Waals surface area contributed by atoms with Crippen molar-refractivity contribution >= 4 is 27.5 Å². The number of aryl methyl sites for hydroxylation is 1. The van der Waals surface area contributed by atoms with Crippen molar-refractivity contribution in [2.24, 2.45) is 0 Å². The first-order valence-electron chi connectivity index (χ1n) is 4.78. The Hall–Kier alpha value is -0.940. The van der Waals surface area contributed by atoms with E-state index in [1.54, 1.807) is 4.68 Å². The van der Waals surface area contributed by atoms with Gasteiger partial charge in [-0.3, -0.25) is 0 Å². The molecule has 0 N–H and O–H groups in total. The minimum atomic E-state index is -0.234. The first kappa shape index (κ1) is 11.5. The summed E-state index contributed by atoms with van der Waals surface area (Å²) >= 11 is 9.49. The van der Waals surface area contributed by atoms with Crippen LogP contribution in [0.1, 0.15) is 23.7 Å². The Labute approximate surface area is 107 Å². The molecular weight excluding hydrogens is 291 g/mol. The average Bonchev–Trinajstić information content (AvgIpc) is 2.70. The van der Waals surface area contributed by atoms with Crippen molar-refractivity contribution in [3.63, 3.8) is 0 Å². The second-order valence-electron chi connectivity index (χ2n) is 3.52. The topological polar surface area (TPSA) is 43.6 Å². The summed E-state index contributed by atoms with van der Waals surface area (Å²) in [6, 6.07) is 5.99. The van der Waals surface area contributed by atoms with E-state index in [0.717, 1.165) is 15.7 Å². The molecule has 0 radical (unpaired) electrons. The molecule has 0 bridgehead atoms. The molecule has 0 aliphatic heterocycles. The molecule has 6 heteroatoms. The van der Waals surface area contributed by atoms with Crippen molar-refractivity contribution in [1.82, 2.24) is 20.2 Å². The van der Waals surface area contributed by atoms with Crippen LogP contribution in [0.3, 0.4) is 0 Å². The highest BCUT2D eigenvalue weighted by Crippen LogP contribution is 2.25. The maximum Gasteiger partial charge on any atom is 0.174 e. The van der Waals surface area contributed by atoms with Crippen LogP contribution in [-0.2, 0) is 0 Å². The molecule has 0 saturated carbocycles. The van der Waals surface area contributed by atoms with Gasteiger partial charge in [0.1, 0.15) is 0 Å². The molecule has 0 aliphatic carbocycles. The van der Waals surface area contributed by atoms with Crippen LogP contribution >= 0.6 is 27.5 Å². The molecule has 1 aromatic heterocycles. The van der Waals surface area contributed by atoms with Gasteiger partial charge in [0.05, 0.1) is 11.1 Å². The zero-order valence-corrected chi connectivity index (χ0v) is 11.2. The van der Waals surface area contributed by atoms with Gasteiger partial charge >= 0.3 is 0 Å². The molecule has 1 atom stereocenters. The van der Waals surface area contributed by atoms with Crippen molar-refractivity contribution in [2.75, 3.05) is 0 Å². The highest BCUT2D eigenvalue weighted by atomic mass is 79.9. The van der Waals surface area contributed by atoms with Gasteiger partial charge in [0.2, 0.25) is 0 Å². The monoisotopic (exact) mass is 300 g/mol. The van der Waals surface area contributed by atoms with Gasteiger partial charge < -0.3 is 0 Å². The van der Waals surface area contributed by atoms with E-state index in [-0.39, 0.29) is 5.38 Å². The Morgan fingerprint density at radius 1 is 1.44 bits per heavy atom. The van der Waals surface area contributed by atoms with Crippen molar-refractivity contribution < 1.29 is 0 Å². The highest BCUT2D eigenvalue weighted by molar-refractivity contribution is 9.10. The van der Waals surface area contributed by atoms with Crippen LogP contribution in [-0.4, -0.2) is 20.2 Å². The smallest absolute Gasteiger partial charge is 0.174 e. The summed E-state index contributed by atoms with van der Waals surface area (Å²) in [4.78, 5) is 0. The van der Waals surface area contributed by atoms with E-state index in [0.29, 0.717) is 5.82 Å². The molecule has 84 valence electrons. The molecule has 1 heterocycles. The number of alkyl halides is 1. The molecule has 1 unspecified atom stereocenters. The predicted molar refractivity (Wildman–Crippen MR) is 65.9 cm³/mol. The summed E-state index contributed by atoms with van der Waals surface area (Å²) in [5.74, 6) is 0.632. The Balaban J connectivity index is 2.58. The van der Waals surface area contributed by atoms with E-state index in [1.807, 2.05) is 32.0 Å². The fraction of sp³-hybridized carbons (Fsp3) is 0.300. The van der Waals surface area contributed by atoms with Crippen LogP contribution in [0.4, 0.5) is 0 Å². The van der Waals surface area contributed by atoms with Gasteiger partial charge in [0.15, 0.2) is 5.82 Å². The van der Waals surface area contributed by atoms with Crippen LogP contribution in [0.2, 0.25) is 0 Å². The largest absolute Gasteiger partial charge is 0.195 e. The maximum atomic E-state index is 6.01. The van der Waals surface area contributed by atoms with Gasteiger partial charge in [-0.2, -0.15) is 4.68 Å². The molecular formula is C10H10BrClN4. The Bertz CT molecular complexity index is 509. The summed E-state index contributed by atoms with van der Waals surface area (Å²) in [7, 11) is 0.